The fraction of sp³-hybridized carbons (Fsp3) is 0.368. The Bertz CT molecular complexity index is 772. The summed E-state index contributed by atoms with van der Waals surface area (Å²) < 4.78 is 7.35. The van der Waals surface area contributed by atoms with Crippen LogP contribution in [0.25, 0.3) is 11.3 Å². The van der Waals surface area contributed by atoms with Gasteiger partial charge in [0.25, 0.3) is 5.56 Å². The van der Waals surface area contributed by atoms with Crippen LogP contribution in [0, 0.1) is 11.3 Å². The van der Waals surface area contributed by atoms with Crippen molar-refractivity contribution >= 4 is 0 Å². The molecular formula is C19H22N2O2. The molecule has 1 aromatic carbocycles. The van der Waals surface area contributed by atoms with Crippen LogP contribution < -0.4 is 10.3 Å². The fourth-order valence-corrected chi connectivity index (χ4v) is 2.58. The lowest BCUT2D eigenvalue weighted by molar-refractivity contribution is 0.340. The van der Waals surface area contributed by atoms with Crippen molar-refractivity contribution in [2.24, 2.45) is 0 Å². The summed E-state index contributed by atoms with van der Waals surface area (Å²) >= 11 is 0. The second-order valence-corrected chi connectivity index (χ2v) is 5.47. The molecule has 1 atom stereocenters. The van der Waals surface area contributed by atoms with Crippen molar-refractivity contribution in [2.75, 3.05) is 6.61 Å². The van der Waals surface area contributed by atoms with Crippen molar-refractivity contribution in [3.63, 3.8) is 0 Å². The molecular weight excluding hydrogens is 288 g/mol. The Labute approximate surface area is 137 Å². The third-order valence-corrected chi connectivity index (χ3v) is 3.94. The lowest BCUT2D eigenvalue weighted by atomic mass is 10.1. The maximum absolute atomic E-state index is 12.7. The first-order chi connectivity index (χ1) is 11.1. The zero-order valence-electron chi connectivity index (χ0n) is 13.9. The molecule has 0 amide bonds. The molecule has 120 valence electrons. The number of aromatic nitrogens is 1. The topological polar surface area (TPSA) is 55.0 Å². The van der Waals surface area contributed by atoms with Gasteiger partial charge in [0.05, 0.1) is 24.8 Å². The molecule has 1 aromatic heterocycles. The molecule has 0 radical (unpaired) electrons. The van der Waals surface area contributed by atoms with E-state index in [0.717, 1.165) is 23.4 Å². The summed E-state index contributed by atoms with van der Waals surface area (Å²) in [4.78, 5) is 12.7. The number of benzene rings is 1. The number of hydrogen-bond acceptors (Lipinski definition) is 3. The van der Waals surface area contributed by atoms with E-state index in [0.29, 0.717) is 12.2 Å². The molecule has 0 spiro atoms. The average molecular weight is 310 g/mol. The number of rotatable bonds is 6. The lowest BCUT2D eigenvalue weighted by Crippen LogP contribution is -2.27. The molecule has 0 aliphatic carbocycles. The summed E-state index contributed by atoms with van der Waals surface area (Å²) in [5.41, 5.74) is 2.25. The van der Waals surface area contributed by atoms with Crippen LogP contribution in [0.4, 0.5) is 0 Å². The molecule has 0 N–H and O–H groups in total. The van der Waals surface area contributed by atoms with Crippen molar-refractivity contribution < 1.29 is 4.74 Å². The maximum atomic E-state index is 12.7. The van der Waals surface area contributed by atoms with Gasteiger partial charge in [-0.1, -0.05) is 25.1 Å². The molecule has 1 unspecified atom stereocenters. The maximum Gasteiger partial charge on any atom is 0.255 e. The van der Waals surface area contributed by atoms with Gasteiger partial charge in [0.2, 0.25) is 0 Å². The monoisotopic (exact) mass is 310 g/mol. The van der Waals surface area contributed by atoms with Gasteiger partial charge in [-0.2, -0.15) is 5.26 Å². The van der Waals surface area contributed by atoms with Gasteiger partial charge in [-0.05, 0) is 38.5 Å². The minimum atomic E-state index is -0.0831. The number of hydrogen-bond donors (Lipinski definition) is 0. The zero-order valence-corrected chi connectivity index (χ0v) is 13.9. The van der Waals surface area contributed by atoms with E-state index in [1.165, 1.54) is 0 Å². The molecule has 2 aromatic rings. The van der Waals surface area contributed by atoms with E-state index in [9.17, 15) is 4.79 Å². The minimum absolute atomic E-state index is 0.0619. The van der Waals surface area contributed by atoms with E-state index in [1.807, 2.05) is 44.2 Å². The van der Waals surface area contributed by atoms with Crippen molar-refractivity contribution in [1.29, 1.82) is 5.26 Å². The molecule has 4 nitrogen and oxygen atoms in total. The highest BCUT2D eigenvalue weighted by molar-refractivity contribution is 5.62. The Morgan fingerprint density at radius 1 is 1.26 bits per heavy atom. The van der Waals surface area contributed by atoms with E-state index < -0.39 is 0 Å². The third-order valence-electron chi connectivity index (χ3n) is 3.94. The molecule has 23 heavy (non-hydrogen) atoms. The van der Waals surface area contributed by atoms with Crippen molar-refractivity contribution in [3.8, 4) is 23.1 Å². The van der Waals surface area contributed by atoms with Gasteiger partial charge in [0.1, 0.15) is 5.75 Å². The third kappa shape index (κ3) is 3.62. The van der Waals surface area contributed by atoms with Crippen LogP contribution in [-0.4, -0.2) is 11.2 Å². The van der Waals surface area contributed by atoms with Crippen LogP contribution in [0.5, 0.6) is 5.75 Å². The minimum Gasteiger partial charge on any atom is -0.494 e. The van der Waals surface area contributed by atoms with E-state index in [-0.39, 0.29) is 18.0 Å². The second-order valence-electron chi connectivity index (χ2n) is 5.47. The average Bonchev–Trinajstić information content (AvgIpc) is 2.56. The van der Waals surface area contributed by atoms with Gasteiger partial charge in [-0.3, -0.25) is 4.79 Å². The van der Waals surface area contributed by atoms with Gasteiger partial charge < -0.3 is 9.30 Å². The highest BCUT2D eigenvalue weighted by Gasteiger charge is 2.15. The van der Waals surface area contributed by atoms with Gasteiger partial charge in [0.15, 0.2) is 0 Å². The van der Waals surface area contributed by atoms with E-state index in [2.05, 4.69) is 13.0 Å². The Kier molecular flexibility index (Phi) is 5.59. The molecule has 0 aliphatic rings. The van der Waals surface area contributed by atoms with Crippen LogP contribution >= 0.6 is 0 Å². The lowest BCUT2D eigenvalue weighted by Gasteiger charge is -2.20. The Hall–Kier alpha value is -2.54. The van der Waals surface area contributed by atoms with Crippen LogP contribution in [-0.2, 0) is 6.42 Å². The molecule has 0 fully saturated rings. The summed E-state index contributed by atoms with van der Waals surface area (Å²) in [5.74, 6) is 0.786. The van der Waals surface area contributed by atoms with Crippen molar-refractivity contribution in [1.82, 2.24) is 4.57 Å². The van der Waals surface area contributed by atoms with Crippen molar-refractivity contribution in [3.05, 3.63) is 52.3 Å². The zero-order chi connectivity index (χ0) is 16.8. The smallest absolute Gasteiger partial charge is 0.255 e. The van der Waals surface area contributed by atoms with Crippen LogP contribution in [0.3, 0.4) is 0 Å². The predicted molar refractivity (Wildman–Crippen MR) is 91.6 cm³/mol. The molecule has 0 bridgehead atoms. The van der Waals surface area contributed by atoms with E-state index >= 15 is 0 Å². The Morgan fingerprint density at radius 3 is 2.70 bits per heavy atom. The Morgan fingerprint density at radius 2 is 2.04 bits per heavy atom. The normalized spacial score (nSPS) is 11.7. The van der Waals surface area contributed by atoms with Gasteiger partial charge in [-0.15, -0.1) is 0 Å². The van der Waals surface area contributed by atoms with Crippen LogP contribution in [0.1, 0.15) is 38.8 Å². The number of pyridine rings is 1. The van der Waals surface area contributed by atoms with Gasteiger partial charge in [0, 0.05) is 17.2 Å². The summed E-state index contributed by atoms with van der Waals surface area (Å²) in [7, 11) is 0. The molecule has 2 rings (SSSR count). The van der Waals surface area contributed by atoms with Crippen LogP contribution in [0.2, 0.25) is 0 Å². The van der Waals surface area contributed by atoms with Gasteiger partial charge >= 0.3 is 0 Å². The summed E-state index contributed by atoms with van der Waals surface area (Å²) in [5, 5.41) is 8.90. The summed E-state index contributed by atoms with van der Waals surface area (Å²) in [6, 6.07) is 13.6. The molecule has 0 saturated carbocycles. The standard InChI is InChI=1S/C19H22N2O2/c1-4-14(3)21-18(10-9-15(11-12-20)19(21)22)16-7-6-8-17(13-16)23-5-2/h6-10,13-14H,4-5,11H2,1-3H3. The molecule has 4 heteroatoms. The highest BCUT2D eigenvalue weighted by Crippen LogP contribution is 2.26. The second kappa shape index (κ2) is 7.64. The molecule has 1 heterocycles. The van der Waals surface area contributed by atoms with E-state index in [4.69, 9.17) is 10.00 Å². The number of nitriles is 1. The fourth-order valence-electron chi connectivity index (χ4n) is 2.58. The first-order valence-corrected chi connectivity index (χ1v) is 7.96. The van der Waals surface area contributed by atoms with Gasteiger partial charge in [-0.25, -0.2) is 0 Å². The largest absolute Gasteiger partial charge is 0.494 e. The Balaban J connectivity index is 2.62. The van der Waals surface area contributed by atoms with E-state index in [1.54, 1.807) is 10.6 Å². The quantitative estimate of drug-likeness (QED) is 0.811. The predicted octanol–water partition coefficient (Wildman–Crippen LogP) is 3.95. The first kappa shape index (κ1) is 16.8. The number of ether oxygens (including phenoxy) is 1. The molecule has 0 saturated heterocycles. The highest BCUT2D eigenvalue weighted by atomic mass is 16.5. The van der Waals surface area contributed by atoms with Crippen molar-refractivity contribution in [2.45, 2.75) is 39.7 Å². The number of nitrogens with zero attached hydrogens (tertiary/aromatic N) is 2. The van der Waals surface area contributed by atoms with Crippen LogP contribution in [0.15, 0.2) is 41.2 Å². The summed E-state index contributed by atoms with van der Waals surface area (Å²) in [6.07, 6.45) is 0.975. The SMILES string of the molecule is CCOc1cccc(-c2ccc(CC#N)c(=O)n2C(C)CC)c1. The first-order valence-electron chi connectivity index (χ1n) is 7.96. The summed E-state index contributed by atoms with van der Waals surface area (Å²) in [6.45, 7) is 6.61. The molecule has 0 aliphatic heterocycles.